The molecule has 3 rings (SSSR count). The highest BCUT2D eigenvalue weighted by molar-refractivity contribution is 6.00. The molecule has 1 aromatic heterocycles. The van der Waals surface area contributed by atoms with Gasteiger partial charge in [0.15, 0.2) is 5.78 Å². The molecule has 2 aromatic carbocycles. The summed E-state index contributed by atoms with van der Waals surface area (Å²) >= 11 is 0. The fourth-order valence-corrected chi connectivity index (χ4v) is 3.03. The summed E-state index contributed by atoms with van der Waals surface area (Å²) in [5, 5.41) is 17.0. The van der Waals surface area contributed by atoms with E-state index >= 15 is 0 Å². The van der Waals surface area contributed by atoms with E-state index in [9.17, 15) is 9.59 Å². The third-order valence-corrected chi connectivity index (χ3v) is 4.43. The number of hydrogen-bond donors (Lipinski definition) is 1. The Bertz CT molecular complexity index is 1140. The first-order valence-electron chi connectivity index (χ1n) is 9.52. The molecule has 0 atom stereocenters. The number of carbonyl (C=O) groups is 2. The van der Waals surface area contributed by atoms with Gasteiger partial charge in [-0.1, -0.05) is 36.4 Å². The SMILES string of the molecule is CCOC(=O)c1c(CN=Nc2ccccc2)c(C(C)=O)cn(-c2ccccc2)c1=N. The Labute approximate surface area is 174 Å². The first-order chi connectivity index (χ1) is 14.5. The zero-order valence-corrected chi connectivity index (χ0v) is 16.8. The van der Waals surface area contributed by atoms with E-state index in [-0.39, 0.29) is 30.0 Å². The van der Waals surface area contributed by atoms with Crippen LogP contribution in [-0.2, 0) is 11.3 Å². The van der Waals surface area contributed by atoms with E-state index in [1.807, 2.05) is 36.4 Å². The number of ether oxygens (including phenoxy) is 1. The van der Waals surface area contributed by atoms with Gasteiger partial charge in [-0.25, -0.2) is 4.79 Å². The number of benzene rings is 2. The highest BCUT2D eigenvalue weighted by Gasteiger charge is 2.23. The van der Waals surface area contributed by atoms with E-state index in [1.165, 1.54) is 11.5 Å². The summed E-state index contributed by atoms with van der Waals surface area (Å²) in [7, 11) is 0. The van der Waals surface area contributed by atoms with Crippen molar-refractivity contribution in [1.29, 1.82) is 5.41 Å². The van der Waals surface area contributed by atoms with Crippen LogP contribution in [-0.4, -0.2) is 22.9 Å². The van der Waals surface area contributed by atoms with Crippen LogP contribution in [0.1, 0.15) is 40.1 Å². The zero-order valence-electron chi connectivity index (χ0n) is 16.8. The molecule has 152 valence electrons. The molecule has 1 N–H and O–H groups in total. The van der Waals surface area contributed by atoms with Crippen LogP contribution >= 0.6 is 0 Å². The Balaban J connectivity index is 2.17. The van der Waals surface area contributed by atoms with E-state index in [2.05, 4.69) is 10.2 Å². The van der Waals surface area contributed by atoms with Crippen LogP contribution in [0.3, 0.4) is 0 Å². The molecule has 0 aliphatic rings. The largest absolute Gasteiger partial charge is 0.462 e. The van der Waals surface area contributed by atoms with Gasteiger partial charge >= 0.3 is 5.97 Å². The van der Waals surface area contributed by atoms with Gasteiger partial charge in [0.05, 0.1) is 18.8 Å². The average molecular weight is 402 g/mol. The number of rotatable bonds is 7. The molecule has 7 nitrogen and oxygen atoms in total. The normalized spacial score (nSPS) is 10.9. The number of para-hydroxylation sites is 1. The van der Waals surface area contributed by atoms with Crippen molar-refractivity contribution in [1.82, 2.24) is 4.57 Å². The summed E-state index contributed by atoms with van der Waals surface area (Å²) in [6.45, 7) is 3.23. The molecule has 7 heteroatoms. The van der Waals surface area contributed by atoms with E-state index in [0.717, 1.165) is 0 Å². The molecule has 3 aromatic rings. The second-order valence-electron chi connectivity index (χ2n) is 6.46. The van der Waals surface area contributed by atoms with Crippen molar-refractivity contribution >= 4 is 17.4 Å². The van der Waals surface area contributed by atoms with Gasteiger partial charge in [0, 0.05) is 23.0 Å². The van der Waals surface area contributed by atoms with Gasteiger partial charge in [-0.2, -0.15) is 10.2 Å². The average Bonchev–Trinajstić information content (AvgIpc) is 2.75. The topological polar surface area (TPSA) is 96.9 Å². The molecule has 0 aliphatic carbocycles. The third-order valence-electron chi connectivity index (χ3n) is 4.43. The summed E-state index contributed by atoms with van der Waals surface area (Å²) in [6.07, 6.45) is 1.57. The van der Waals surface area contributed by atoms with Crippen LogP contribution in [0.15, 0.2) is 77.1 Å². The van der Waals surface area contributed by atoms with Gasteiger partial charge in [-0.15, -0.1) is 0 Å². The lowest BCUT2D eigenvalue weighted by Gasteiger charge is -2.16. The molecule has 30 heavy (non-hydrogen) atoms. The Hall–Kier alpha value is -3.87. The van der Waals surface area contributed by atoms with E-state index in [4.69, 9.17) is 10.1 Å². The first kappa shape index (κ1) is 20.9. The summed E-state index contributed by atoms with van der Waals surface area (Å²) in [5.74, 6) is -0.907. The highest BCUT2D eigenvalue weighted by Crippen LogP contribution is 2.19. The van der Waals surface area contributed by atoms with Crippen LogP contribution in [0.4, 0.5) is 5.69 Å². The molecule has 0 fully saturated rings. The number of nitrogens with zero attached hydrogens (tertiary/aromatic N) is 3. The predicted octanol–water partition coefficient (Wildman–Crippen LogP) is 4.62. The van der Waals surface area contributed by atoms with Crippen LogP contribution in [0.25, 0.3) is 5.69 Å². The van der Waals surface area contributed by atoms with Crippen molar-refractivity contribution in [2.24, 2.45) is 10.2 Å². The second-order valence-corrected chi connectivity index (χ2v) is 6.46. The van der Waals surface area contributed by atoms with Gasteiger partial charge in [0.25, 0.3) is 0 Å². The van der Waals surface area contributed by atoms with Crippen LogP contribution in [0.2, 0.25) is 0 Å². The molecular formula is C23H22N4O3. The summed E-state index contributed by atoms with van der Waals surface area (Å²) < 4.78 is 6.68. The maximum absolute atomic E-state index is 12.7. The number of hydrogen-bond acceptors (Lipinski definition) is 6. The second kappa shape index (κ2) is 9.56. The molecule has 0 amide bonds. The van der Waals surface area contributed by atoms with E-state index < -0.39 is 5.97 Å². The third kappa shape index (κ3) is 4.57. The maximum atomic E-state index is 12.7. The summed E-state index contributed by atoms with van der Waals surface area (Å²) in [5.41, 5.74) is 1.88. The smallest absolute Gasteiger partial charge is 0.342 e. The van der Waals surface area contributed by atoms with Gasteiger partial charge < -0.3 is 9.30 Å². The zero-order chi connectivity index (χ0) is 21.5. The van der Waals surface area contributed by atoms with Crippen molar-refractivity contribution in [2.75, 3.05) is 6.61 Å². The van der Waals surface area contributed by atoms with Crippen molar-refractivity contribution in [3.05, 3.63) is 89.0 Å². The highest BCUT2D eigenvalue weighted by atomic mass is 16.5. The maximum Gasteiger partial charge on any atom is 0.342 e. The number of carbonyl (C=O) groups excluding carboxylic acids is 2. The molecule has 1 heterocycles. The Morgan fingerprint density at radius 1 is 1.03 bits per heavy atom. The Kier molecular flexibility index (Phi) is 6.64. The minimum atomic E-state index is -0.666. The van der Waals surface area contributed by atoms with Crippen molar-refractivity contribution < 1.29 is 14.3 Å². The number of azo groups is 1. The van der Waals surface area contributed by atoms with Crippen LogP contribution < -0.4 is 5.49 Å². The van der Waals surface area contributed by atoms with Crippen LogP contribution in [0.5, 0.6) is 0 Å². The molecule has 0 spiro atoms. The molecule has 0 unspecified atom stereocenters. The molecule has 0 bridgehead atoms. The van der Waals surface area contributed by atoms with Crippen LogP contribution in [0, 0.1) is 5.41 Å². The fourth-order valence-electron chi connectivity index (χ4n) is 3.03. The number of ketones is 1. The molecule has 0 radical (unpaired) electrons. The van der Waals surface area contributed by atoms with Crippen molar-refractivity contribution in [3.63, 3.8) is 0 Å². The monoisotopic (exact) mass is 402 g/mol. The molecule has 0 saturated heterocycles. The minimum Gasteiger partial charge on any atom is -0.462 e. The lowest BCUT2D eigenvalue weighted by atomic mass is 10.0. The summed E-state index contributed by atoms with van der Waals surface area (Å²) in [4.78, 5) is 25.2. The van der Waals surface area contributed by atoms with Crippen molar-refractivity contribution in [2.45, 2.75) is 20.4 Å². The number of pyridine rings is 1. The lowest BCUT2D eigenvalue weighted by Crippen LogP contribution is -2.30. The van der Waals surface area contributed by atoms with Gasteiger partial charge in [-0.05, 0) is 38.1 Å². The van der Waals surface area contributed by atoms with Gasteiger partial charge in [-0.3, -0.25) is 10.2 Å². The van der Waals surface area contributed by atoms with Gasteiger partial charge in [0.1, 0.15) is 11.1 Å². The Morgan fingerprint density at radius 3 is 2.27 bits per heavy atom. The van der Waals surface area contributed by atoms with E-state index in [0.29, 0.717) is 22.5 Å². The molecular weight excluding hydrogens is 380 g/mol. The standard InChI is InChI=1S/C23H22N4O3/c1-3-30-23(29)21-19(14-25-26-17-10-6-4-7-11-17)20(16(2)28)15-27(22(21)24)18-12-8-5-9-13-18/h4-13,15,24H,3,14H2,1-2H3. The summed E-state index contributed by atoms with van der Waals surface area (Å²) in [6, 6.07) is 18.2. The number of nitrogens with one attached hydrogen (secondary N) is 1. The van der Waals surface area contributed by atoms with E-state index in [1.54, 1.807) is 37.4 Å². The fraction of sp³-hybridized carbons (Fsp3) is 0.174. The van der Waals surface area contributed by atoms with Crippen molar-refractivity contribution in [3.8, 4) is 5.69 Å². The first-order valence-corrected chi connectivity index (χ1v) is 9.52. The Morgan fingerprint density at radius 2 is 1.67 bits per heavy atom. The molecule has 0 saturated carbocycles. The quantitative estimate of drug-likeness (QED) is 0.355. The van der Waals surface area contributed by atoms with Gasteiger partial charge in [0.2, 0.25) is 0 Å². The molecule has 0 aliphatic heterocycles. The lowest BCUT2D eigenvalue weighted by molar-refractivity contribution is 0.0522. The minimum absolute atomic E-state index is 0.0143. The predicted molar refractivity (Wildman–Crippen MR) is 112 cm³/mol. The number of esters is 1. The number of aromatic nitrogens is 1. The number of Topliss-reactive ketones (excluding diaryl/α,β-unsaturated/α-hetero) is 1.